The lowest BCUT2D eigenvalue weighted by Gasteiger charge is -2.02. The molecular weight excluding hydrogens is 256 g/mol. The normalized spacial score (nSPS) is 22.9. The average molecular weight is 280 g/mol. The molecule has 1 aromatic rings. The van der Waals surface area contributed by atoms with Crippen LogP contribution < -0.4 is 0 Å². The van der Waals surface area contributed by atoms with E-state index in [9.17, 15) is 0 Å². The SMILES string of the molecule is C(COCC1CO1)OCC1CO1.Cc1ccc(C)cc1. The summed E-state index contributed by atoms with van der Waals surface area (Å²) in [5, 5.41) is 0. The lowest BCUT2D eigenvalue weighted by molar-refractivity contribution is 0.0366. The Bertz CT molecular complexity index is 332. The van der Waals surface area contributed by atoms with Crippen molar-refractivity contribution in [1.82, 2.24) is 0 Å². The second-order valence-corrected chi connectivity index (χ2v) is 5.22. The summed E-state index contributed by atoms with van der Waals surface area (Å²) in [5.74, 6) is 0. The maximum absolute atomic E-state index is 5.27. The van der Waals surface area contributed by atoms with E-state index in [1.165, 1.54) is 11.1 Å². The van der Waals surface area contributed by atoms with Crippen molar-refractivity contribution >= 4 is 0 Å². The van der Waals surface area contributed by atoms with E-state index in [4.69, 9.17) is 18.9 Å². The number of benzene rings is 1. The highest BCUT2D eigenvalue weighted by atomic mass is 16.6. The summed E-state index contributed by atoms with van der Waals surface area (Å²) in [6.45, 7) is 8.65. The van der Waals surface area contributed by atoms with E-state index in [2.05, 4.69) is 38.1 Å². The quantitative estimate of drug-likeness (QED) is 0.567. The van der Waals surface area contributed by atoms with Gasteiger partial charge in [-0.05, 0) is 13.8 Å². The third-order valence-electron chi connectivity index (χ3n) is 3.00. The van der Waals surface area contributed by atoms with Crippen LogP contribution in [0, 0.1) is 13.8 Å². The van der Waals surface area contributed by atoms with Crippen molar-refractivity contribution in [3.05, 3.63) is 35.4 Å². The van der Waals surface area contributed by atoms with Crippen molar-refractivity contribution in [1.29, 1.82) is 0 Å². The molecule has 0 spiro atoms. The van der Waals surface area contributed by atoms with Crippen LogP contribution in [0.1, 0.15) is 11.1 Å². The number of rotatable bonds is 7. The number of ether oxygens (including phenoxy) is 4. The zero-order valence-electron chi connectivity index (χ0n) is 12.3. The molecule has 2 aliphatic heterocycles. The van der Waals surface area contributed by atoms with Gasteiger partial charge in [0.2, 0.25) is 0 Å². The summed E-state index contributed by atoms with van der Waals surface area (Å²) >= 11 is 0. The minimum Gasteiger partial charge on any atom is -0.376 e. The summed E-state index contributed by atoms with van der Waals surface area (Å²) in [7, 11) is 0. The second kappa shape index (κ2) is 8.37. The van der Waals surface area contributed by atoms with Crippen molar-refractivity contribution in [3.63, 3.8) is 0 Å². The van der Waals surface area contributed by atoms with E-state index in [0.717, 1.165) is 13.2 Å². The molecule has 2 heterocycles. The molecule has 4 nitrogen and oxygen atoms in total. The maximum Gasteiger partial charge on any atom is 0.104 e. The molecule has 0 amide bonds. The first-order valence-corrected chi connectivity index (χ1v) is 7.16. The van der Waals surface area contributed by atoms with Gasteiger partial charge in [0.05, 0.1) is 39.6 Å². The summed E-state index contributed by atoms with van der Waals surface area (Å²) in [4.78, 5) is 0. The maximum atomic E-state index is 5.27. The lowest BCUT2D eigenvalue weighted by Crippen LogP contribution is -2.10. The van der Waals surface area contributed by atoms with E-state index in [1.807, 2.05) is 0 Å². The van der Waals surface area contributed by atoms with Crippen molar-refractivity contribution in [2.45, 2.75) is 26.1 Å². The molecule has 20 heavy (non-hydrogen) atoms. The predicted octanol–water partition coefficient (Wildman–Crippen LogP) is 2.12. The zero-order valence-corrected chi connectivity index (χ0v) is 12.3. The summed E-state index contributed by atoms with van der Waals surface area (Å²) in [5.41, 5.74) is 2.66. The van der Waals surface area contributed by atoms with E-state index >= 15 is 0 Å². The molecule has 0 aromatic heterocycles. The Hall–Kier alpha value is -0.940. The Morgan fingerprint density at radius 3 is 1.50 bits per heavy atom. The van der Waals surface area contributed by atoms with Gasteiger partial charge in [-0.3, -0.25) is 0 Å². The van der Waals surface area contributed by atoms with Gasteiger partial charge < -0.3 is 18.9 Å². The first-order valence-electron chi connectivity index (χ1n) is 7.16. The topological polar surface area (TPSA) is 43.5 Å². The first kappa shape index (κ1) is 15.4. The molecule has 0 bridgehead atoms. The molecule has 2 saturated heterocycles. The third-order valence-corrected chi connectivity index (χ3v) is 3.00. The number of epoxide rings is 2. The van der Waals surface area contributed by atoms with Crippen molar-refractivity contribution < 1.29 is 18.9 Å². The Morgan fingerprint density at radius 2 is 1.20 bits per heavy atom. The number of hydrogen-bond acceptors (Lipinski definition) is 4. The van der Waals surface area contributed by atoms with Gasteiger partial charge in [0, 0.05) is 0 Å². The molecule has 2 fully saturated rings. The molecule has 1 aromatic carbocycles. The van der Waals surface area contributed by atoms with Gasteiger partial charge >= 0.3 is 0 Å². The minimum absolute atomic E-state index is 0.358. The van der Waals surface area contributed by atoms with E-state index in [1.54, 1.807) is 0 Å². The van der Waals surface area contributed by atoms with Crippen LogP contribution in [0.4, 0.5) is 0 Å². The van der Waals surface area contributed by atoms with E-state index in [-0.39, 0.29) is 0 Å². The van der Waals surface area contributed by atoms with Crippen LogP contribution in [-0.2, 0) is 18.9 Å². The molecule has 0 saturated carbocycles. The second-order valence-electron chi connectivity index (χ2n) is 5.22. The Labute approximate surface area is 121 Å². The van der Waals surface area contributed by atoms with E-state index in [0.29, 0.717) is 38.6 Å². The Balaban J connectivity index is 0.000000160. The minimum atomic E-state index is 0.358. The van der Waals surface area contributed by atoms with Crippen molar-refractivity contribution in [2.75, 3.05) is 39.6 Å². The molecule has 2 atom stereocenters. The lowest BCUT2D eigenvalue weighted by atomic mass is 10.2. The van der Waals surface area contributed by atoms with Crippen LogP contribution in [0.5, 0.6) is 0 Å². The molecular formula is C16H24O4. The van der Waals surface area contributed by atoms with E-state index < -0.39 is 0 Å². The Kier molecular flexibility index (Phi) is 6.47. The fraction of sp³-hybridized carbons (Fsp3) is 0.625. The molecule has 2 aliphatic rings. The van der Waals surface area contributed by atoms with Gasteiger partial charge in [-0.2, -0.15) is 0 Å². The summed E-state index contributed by atoms with van der Waals surface area (Å²) in [6.07, 6.45) is 0.716. The van der Waals surface area contributed by atoms with Gasteiger partial charge in [0.15, 0.2) is 0 Å². The van der Waals surface area contributed by atoms with Crippen LogP contribution in [0.3, 0.4) is 0 Å². The smallest absolute Gasteiger partial charge is 0.104 e. The summed E-state index contributed by atoms with van der Waals surface area (Å²) < 4.78 is 20.5. The predicted molar refractivity (Wildman–Crippen MR) is 77.0 cm³/mol. The largest absolute Gasteiger partial charge is 0.376 e. The molecule has 3 rings (SSSR count). The number of aryl methyl sites for hydroxylation is 2. The van der Waals surface area contributed by atoms with Crippen LogP contribution in [-0.4, -0.2) is 51.8 Å². The van der Waals surface area contributed by atoms with Crippen molar-refractivity contribution in [2.24, 2.45) is 0 Å². The van der Waals surface area contributed by atoms with Crippen LogP contribution in [0.15, 0.2) is 24.3 Å². The molecule has 112 valence electrons. The fourth-order valence-corrected chi connectivity index (χ4v) is 1.51. The fourth-order valence-electron chi connectivity index (χ4n) is 1.51. The first-order chi connectivity index (χ1) is 9.74. The highest BCUT2D eigenvalue weighted by Gasteiger charge is 2.23. The van der Waals surface area contributed by atoms with Crippen LogP contribution in [0.25, 0.3) is 0 Å². The van der Waals surface area contributed by atoms with Crippen molar-refractivity contribution in [3.8, 4) is 0 Å². The van der Waals surface area contributed by atoms with Gasteiger partial charge in [0.1, 0.15) is 12.2 Å². The average Bonchev–Trinajstić information content (AvgIpc) is 3.32. The van der Waals surface area contributed by atoms with Crippen LogP contribution >= 0.6 is 0 Å². The molecule has 2 unspecified atom stereocenters. The number of hydrogen-bond donors (Lipinski definition) is 0. The highest BCUT2D eigenvalue weighted by molar-refractivity contribution is 5.19. The monoisotopic (exact) mass is 280 g/mol. The summed E-state index contributed by atoms with van der Waals surface area (Å²) in [6, 6.07) is 8.48. The van der Waals surface area contributed by atoms with Gasteiger partial charge in [-0.1, -0.05) is 35.4 Å². The highest BCUT2D eigenvalue weighted by Crippen LogP contribution is 2.09. The third kappa shape index (κ3) is 7.60. The zero-order chi connectivity index (χ0) is 14.2. The molecule has 0 N–H and O–H groups in total. The van der Waals surface area contributed by atoms with Gasteiger partial charge in [-0.25, -0.2) is 0 Å². The molecule has 4 heteroatoms. The molecule has 0 aliphatic carbocycles. The van der Waals surface area contributed by atoms with Gasteiger partial charge in [-0.15, -0.1) is 0 Å². The Morgan fingerprint density at radius 1 is 0.850 bits per heavy atom. The standard InChI is InChI=1S/C8H14O4.C8H10/c1(9-3-7-5-11-7)2-10-4-8-6-12-8;1-7-3-5-8(2)6-4-7/h7-8H,1-6H2;3-6H,1-2H3. The molecule has 0 radical (unpaired) electrons. The van der Waals surface area contributed by atoms with Gasteiger partial charge in [0.25, 0.3) is 0 Å². The van der Waals surface area contributed by atoms with Crippen LogP contribution in [0.2, 0.25) is 0 Å².